The third-order valence-electron chi connectivity index (χ3n) is 5.29. The van der Waals surface area contributed by atoms with Crippen LogP contribution in [0.1, 0.15) is 25.3 Å². The summed E-state index contributed by atoms with van der Waals surface area (Å²) in [5, 5.41) is 3.68. The quantitative estimate of drug-likeness (QED) is 0.479. The van der Waals surface area contributed by atoms with Crippen LogP contribution in [-0.4, -0.2) is 33.4 Å². The van der Waals surface area contributed by atoms with Crippen molar-refractivity contribution in [2.45, 2.75) is 49.7 Å². The van der Waals surface area contributed by atoms with Gasteiger partial charge in [0, 0.05) is 12.3 Å². The van der Waals surface area contributed by atoms with Crippen LogP contribution >= 0.6 is 11.8 Å². The lowest BCUT2D eigenvalue weighted by Crippen LogP contribution is -2.30. The smallest absolute Gasteiger partial charge is 0.262 e. The third kappa shape index (κ3) is 4.42. The summed E-state index contributed by atoms with van der Waals surface area (Å²) >= 11 is 1.30. The van der Waals surface area contributed by atoms with Crippen LogP contribution in [0.4, 0.5) is 5.69 Å². The highest BCUT2D eigenvalue weighted by Gasteiger charge is 2.23. The van der Waals surface area contributed by atoms with E-state index >= 15 is 0 Å². The van der Waals surface area contributed by atoms with E-state index in [1.165, 1.54) is 11.8 Å². The number of amides is 1. The third-order valence-corrected chi connectivity index (χ3v) is 6.38. The molecule has 1 aromatic heterocycles. The van der Waals surface area contributed by atoms with E-state index < -0.39 is 5.25 Å². The van der Waals surface area contributed by atoms with E-state index in [1.54, 1.807) is 10.6 Å². The number of carbonyl (C=O) groups excluding carboxylic acids is 1. The van der Waals surface area contributed by atoms with E-state index in [1.807, 2.05) is 56.3 Å². The Hall–Kier alpha value is -2.64. The Morgan fingerprint density at radius 1 is 1.27 bits per heavy atom. The Morgan fingerprint density at radius 2 is 2.03 bits per heavy atom. The molecular formula is C23H25N3O3S. The fourth-order valence-electron chi connectivity index (χ4n) is 3.55. The summed E-state index contributed by atoms with van der Waals surface area (Å²) in [6, 6.07) is 15.0. The standard InChI is InChI=1S/C23H25N3O3S/c1-15-8-3-5-11-19(15)24-21(27)16(2)30-23-25-20-12-6-4-10-18(20)22(28)26(23)14-17-9-7-13-29-17/h3-6,8,10-12,16-17H,7,9,13-14H2,1-2H3,(H,24,27)/t16-,17-/m1/s1. The number of aromatic nitrogens is 2. The number of thioether (sulfide) groups is 1. The first-order chi connectivity index (χ1) is 14.5. The Kier molecular flexibility index (Phi) is 6.20. The number of carbonyl (C=O) groups is 1. The van der Waals surface area contributed by atoms with Crippen LogP contribution in [0.5, 0.6) is 0 Å². The molecular weight excluding hydrogens is 398 g/mol. The van der Waals surface area contributed by atoms with E-state index in [4.69, 9.17) is 9.72 Å². The fourth-order valence-corrected chi connectivity index (χ4v) is 4.47. The van der Waals surface area contributed by atoms with Crippen LogP contribution in [0.15, 0.2) is 58.5 Å². The highest BCUT2D eigenvalue weighted by atomic mass is 32.2. The largest absolute Gasteiger partial charge is 0.376 e. The number of nitrogens with one attached hydrogen (secondary N) is 1. The first-order valence-corrected chi connectivity index (χ1v) is 11.0. The van der Waals surface area contributed by atoms with Crippen molar-refractivity contribution in [1.29, 1.82) is 0 Å². The number of ether oxygens (including phenoxy) is 1. The Bertz CT molecular complexity index is 1120. The molecule has 2 atom stereocenters. The first kappa shape index (κ1) is 20.6. The lowest BCUT2D eigenvalue weighted by Gasteiger charge is -2.19. The highest BCUT2D eigenvalue weighted by Crippen LogP contribution is 2.25. The molecule has 1 fully saturated rings. The summed E-state index contributed by atoms with van der Waals surface area (Å²) in [4.78, 5) is 30.7. The molecule has 1 amide bonds. The molecule has 0 saturated carbocycles. The second-order valence-corrected chi connectivity index (χ2v) is 8.83. The van der Waals surface area contributed by atoms with Crippen LogP contribution in [0.3, 0.4) is 0 Å². The second-order valence-electron chi connectivity index (χ2n) is 7.53. The number of hydrogen-bond acceptors (Lipinski definition) is 5. The molecule has 156 valence electrons. The lowest BCUT2D eigenvalue weighted by molar-refractivity contribution is -0.115. The van der Waals surface area contributed by atoms with Crippen molar-refractivity contribution in [2.75, 3.05) is 11.9 Å². The maximum absolute atomic E-state index is 13.2. The van der Waals surface area contributed by atoms with Gasteiger partial charge in [-0.05, 0) is 50.5 Å². The van der Waals surface area contributed by atoms with Crippen LogP contribution in [-0.2, 0) is 16.1 Å². The fraction of sp³-hybridized carbons (Fsp3) is 0.348. The van der Waals surface area contributed by atoms with Crippen molar-refractivity contribution in [3.63, 3.8) is 0 Å². The number of aryl methyl sites for hydroxylation is 1. The molecule has 2 heterocycles. The zero-order valence-corrected chi connectivity index (χ0v) is 17.9. The van der Waals surface area contributed by atoms with Crippen molar-refractivity contribution in [3.05, 3.63) is 64.4 Å². The van der Waals surface area contributed by atoms with Gasteiger partial charge in [-0.25, -0.2) is 4.98 Å². The van der Waals surface area contributed by atoms with Crippen molar-refractivity contribution in [2.24, 2.45) is 0 Å². The van der Waals surface area contributed by atoms with Crippen LogP contribution in [0, 0.1) is 6.92 Å². The van der Waals surface area contributed by atoms with Gasteiger partial charge in [0.2, 0.25) is 5.91 Å². The van der Waals surface area contributed by atoms with E-state index in [0.29, 0.717) is 22.6 Å². The summed E-state index contributed by atoms with van der Waals surface area (Å²) in [5.41, 5.74) is 2.34. The van der Waals surface area contributed by atoms with Crippen molar-refractivity contribution in [3.8, 4) is 0 Å². The van der Waals surface area contributed by atoms with E-state index in [-0.39, 0.29) is 17.6 Å². The van der Waals surface area contributed by atoms with Gasteiger partial charge in [0.05, 0.1) is 28.8 Å². The molecule has 3 aromatic rings. The zero-order valence-electron chi connectivity index (χ0n) is 17.1. The molecule has 1 aliphatic heterocycles. The average Bonchev–Trinajstić information content (AvgIpc) is 3.26. The predicted octanol–water partition coefficient (Wildman–Crippen LogP) is 4.00. The van der Waals surface area contributed by atoms with E-state index in [9.17, 15) is 9.59 Å². The van der Waals surface area contributed by atoms with Gasteiger partial charge < -0.3 is 10.1 Å². The monoisotopic (exact) mass is 423 g/mol. The molecule has 4 rings (SSSR count). The SMILES string of the molecule is Cc1ccccc1NC(=O)[C@@H](C)Sc1nc2ccccc2c(=O)n1C[C@H]1CCCO1. The van der Waals surface area contributed by atoms with Gasteiger partial charge in [0.25, 0.3) is 5.56 Å². The zero-order chi connectivity index (χ0) is 21.1. The number of benzene rings is 2. The number of rotatable bonds is 6. The molecule has 0 radical (unpaired) electrons. The molecule has 7 heteroatoms. The minimum absolute atomic E-state index is 0.00103. The summed E-state index contributed by atoms with van der Waals surface area (Å²) in [6.07, 6.45) is 1.92. The van der Waals surface area contributed by atoms with Gasteiger partial charge >= 0.3 is 0 Å². The maximum Gasteiger partial charge on any atom is 0.262 e. The molecule has 0 unspecified atom stereocenters. The summed E-state index contributed by atoms with van der Waals surface area (Å²) in [5.74, 6) is -0.125. The maximum atomic E-state index is 13.2. The van der Waals surface area contributed by atoms with Crippen molar-refractivity contribution < 1.29 is 9.53 Å². The van der Waals surface area contributed by atoms with Gasteiger partial charge in [-0.3, -0.25) is 14.2 Å². The van der Waals surface area contributed by atoms with Crippen molar-refractivity contribution in [1.82, 2.24) is 9.55 Å². The molecule has 0 spiro atoms. The van der Waals surface area contributed by atoms with Gasteiger partial charge in [0.15, 0.2) is 5.16 Å². The number of nitrogens with zero attached hydrogens (tertiary/aromatic N) is 2. The average molecular weight is 424 g/mol. The predicted molar refractivity (Wildman–Crippen MR) is 120 cm³/mol. The lowest BCUT2D eigenvalue weighted by atomic mass is 10.2. The normalized spacial score (nSPS) is 17.2. The molecule has 6 nitrogen and oxygen atoms in total. The molecule has 0 bridgehead atoms. The number of para-hydroxylation sites is 2. The Labute approximate surface area is 179 Å². The minimum Gasteiger partial charge on any atom is -0.376 e. The number of hydrogen-bond donors (Lipinski definition) is 1. The van der Waals surface area contributed by atoms with Gasteiger partial charge in [-0.15, -0.1) is 0 Å². The molecule has 1 aliphatic rings. The molecule has 1 N–H and O–H groups in total. The molecule has 2 aromatic carbocycles. The summed E-state index contributed by atoms with van der Waals surface area (Å²) in [6.45, 7) is 4.96. The summed E-state index contributed by atoms with van der Waals surface area (Å²) < 4.78 is 7.41. The second kappa shape index (κ2) is 9.02. The van der Waals surface area contributed by atoms with Crippen LogP contribution < -0.4 is 10.9 Å². The molecule has 30 heavy (non-hydrogen) atoms. The first-order valence-electron chi connectivity index (χ1n) is 10.2. The Morgan fingerprint density at radius 3 is 2.80 bits per heavy atom. The van der Waals surface area contributed by atoms with Gasteiger partial charge in [0.1, 0.15) is 0 Å². The molecule has 0 aliphatic carbocycles. The number of fused-ring (bicyclic) bond motifs is 1. The Balaban J connectivity index is 1.62. The number of anilines is 1. The van der Waals surface area contributed by atoms with Crippen LogP contribution in [0.2, 0.25) is 0 Å². The van der Waals surface area contributed by atoms with Gasteiger partial charge in [-0.2, -0.15) is 0 Å². The van der Waals surface area contributed by atoms with Crippen LogP contribution in [0.25, 0.3) is 10.9 Å². The van der Waals surface area contributed by atoms with Crippen molar-refractivity contribution >= 4 is 34.3 Å². The van der Waals surface area contributed by atoms with E-state index in [0.717, 1.165) is 30.7 Å². The van der Waals surface area contributed by atoms with Gasteiger partial charge in [-0.1, -0.05) is 42.1 Å². The summed E-state index contributed by atoms with van der Waals surface area (Å²) in [7, 11) is 0. The molecule has 1 saturated heterocycles. The van der Waals surface area contributed by atoms with E-state index in [2.05, 4.69) is 5.32 Å². The topological polar surface area (TPSA) is 73.2 Å². The highest BCUT2D eigenvalue weighted by molar-refractivity contribution is 8.00. The minimum atomic E-state index is -0.423.